The fourth-order valence-electron chi connectivity index (χ4n) is 1.45. The minimum Gasteiger partial charge on any atom is -0.386 e. The zero-order valence-corrected chi connectivity index (χ0v) is 8.92. The molecule has 0 spiro atoms. The quantitative estimate of drug-likeness (QED) is 0.597. The molecule has 0 radical (unpaired) electrons. The molecule has 1 aromatic rings. The number of carbonyl (C=O) groups is 3. The number of nitrogens with one attached hydrogen (secondary N) is 1. The molecule has 0 fully saturated rings. The van der Waals surface area contributed by atoms with Gasteiger partial charge in [0.15, 0.2) is 0 Å². The largest absolute Gasteiger partial charge is 0.386 e. The Morgan fingerprint density at radius 2 is 2.00 bits per heavy atom. The van der Waals surface area contributed by atoms with E-state index in [4.69, 9.17) is 11.6 Å². The third kappa shape index (κ3) is 1.55. The zero-order valence-electron chi connectivity index (χ0n) is 8.17. The molecule has 0 saturated carbocycles. The first-order valence-corrected chi connectivity index (χ1v) is 4.75. The molecule has 16 heavy (non-hydrogen) atoms. The number of amides is 1. The van der Waals surface area contributed by atoms with Gasteiger partial charge in [-0.25, -0.2) is 9.59 Å². The van der Waals surface area contributed by atoms with Crippen LogP contribution in [0.4, 0.5) is 5.69 Å². The highest BCUT2D eigenvalue weighted by Gasteiger charge is 2.33. The van der Waals surface area contributed by atoms with Crippen molar-refractivity contribution in [2.45, 2.75) is 6.92 Å². The number of hydrogen-bond donors (Lipinski definition) is 1. The zero-order chi connectivity index (χ0) is 11.9. The summed E-state index contributed by atoms with van der Waals surface area (Å²) >= 11 is 5.83. The van der Waals surface area contributed by atoms with Gasteiger partial charge in [-0.2, -0.15) is 0 Å². The van der Waals surface area contributed by atoms with Crippen LogP contribution in [0.1, 0.15) is 27.6 Å². The van der Waals surface area contributed by atoms with Gasteiger partial charge in [0.25, 0.3) is 0 Å². The van der Waals surface area contributed by atoms with Crippen LogP contribution in [0.25, 0.3) is 0 Å². The summed E-state index contributed by atoms with van der Waals surface area (Å²) in [5.41, 5.74) is 0.230. The summed E-state index contributed by atoms with van der Waals surface area (Å²) in [5, 5.41) is 2.58. The number of hydrogen-bond acceptors (Lipinski definition) is 4. The second-order valence-electron chi connectivity index (χ2n) is 3.20. The maximum absolute atomic E-state index is 11.4. The van der Waals surface area contributed by atoms with Crippen molar-refractivity contribution in [2.75, 3.05) is 5.32 Å². The Kier molecular flexibility index (Phi) is 2.40. The van der Waals surface area contributed by atoms with E-state index in [9.17, 15) is 14.4 Å². The number of ether oxygens (including phenoxy) is 1. The van der Waals surface area contributed by atoms with Crippen LogP contribution in [0.2, 0.25) is 5.02 Å². The molecule has 0 saturated heterocycles. The summed E-state index contributed by atoms with van der Waals surface area (Å²) in [6, 6.07) is 2.81. The van der Waals surface area contributed by atoms with Crippen molar-refractivity contribution in [3.8, 4) is 0 Å². The van der Waals surface area contributed by atoms with Crippen molar-refractivity contribution in [1.29, 1.82) is 0 Å². The van der Waals surface area contributed by atoms with E-state index in [0.29, 0.717) is 0 Å². The standard InChI is InChI=1S/C10H6ClNO4/c1-4(13)12-8-6(11)3-2-5-7(8)10(15)16-9(5)14/h2-3H,1H3,(H,12,13). The SMILES string of the molecule is CC(=O)Nc1c(Cl)ccc2c1C(=O)OC2=O. The third-order valence-electron chi connectivity index (χ3n) is 2.06. The monoisotopic (exact) mass is 239 g/mol. The van der Waals surface area contributed by atoms with E-state index in [1.165, 1.54) is 19.1 Å². The van der Waals surface area contributed by atoms with E-state index >= 15 is 0 Å². The fraction of sp³-hybridized carbons (Fsp3) is 0.100. The number of benzene rings is 1. The Bertz CT molecular complexity index is 524. The lowest BCUT2D eigenvalue weighted by Crippen LogP contribution is -2.10. The lowest BCUT2D eigenvalue weighted by Gasteiger charge is -2.07. The molecule has 82 valence electrons. The van der Waals surface area contributed by atoms with Crippen LogP contribution in [0.15, 0.2) is 12.1 Å². The number of anilines is 1. The van der Waals surface area contributed by atoms with Crippen molar-refractivity contribution in [2.24, 2.45) is 0 Å². The molecule has 6 heteroatoms. The average molecular weight is 240 g/mol. The second kappa shape index (κ2) is 3.61. The Balaban J connectivity index is 2.64. The predicted octanol–water partition coefficient (Wildman–Crippen LogP) is 1.61. The van der Waals surface area contributed by atoms with E-state index < -0.39 is 11.9 Å². The summed E-state index contributed by atoms with van der Waals surface area (Å²) in [4.78, 5) is 33.6. The number of fused-ring (bicyclic) bond motifs is 1. The summed E-state index contributed by atoms with van der Waals surface area (Å²) in [7, 11) is 0. The fourth-order valence-corrected chi connectivity index (χ4v) is 1.65. The van der Waals surface area contributed by atoms with E-state index in [-0.39, 0.29) is 27.7 Å². The van der Waals surface area contributed by atoms with E-state index in [1.54, 1.807) is 0 Å². The molecule has 1 N–H and O–H groups in total. The van der Waals surface area contributed by atoms with Gasteiger partial charge in [-0.3, -0.25) is 4.79 Å². The molecule has 5 nitrogen and oxygen atoms in total. The molecular weight excluding hydrogens is 234 g/mol. The van der Waals surface area contributed by atoms with Crippen molar-refractivity contribution in [1.82, 2.24) is 0 Å². The Hall–Kier alpha value is -1.88. The molecule has 1 aliphatic heterocycles. The van der Waals surface area contributed by atoms with Gasteiger partial charge in [-0.05, 0) is 12.1 Å². The number of rotatable bonds is 1. The molecule has 0 atom stereocenters. The van der Waals surface area contributed by atoms with Gasteiger partial charge in [0.05, 0.1) is 21.8 Å². The van der Waals surface area contributed by atoms with E-state index in [0.717, 1.165) is 0 Å². The van der Waals surface area contributed by atoms with Crippen molar-refractivity contribution < 1.29 is 19.1 Å². The van der Waals surface area contributed by atoms with Gasteiger partial charge in [0.2, 0.25) is 5.91 Å². The molecule has 1 aliphatic rings. The van der Waals surface area contributed by atoms with Crippen molar-refractivity contribution in [3.63, 3.8) is 0 Å². The van der Waals surface area contributed by atoms with Gasteiger partial charge >= 0.3 is 11.9 Å². The van der Waals surface area contributed by atoms with Gasteiger partial charge in [0.1, 0.15) is 0 Å². The topological polar surface area (TPSA) is 72.5 Å². The minimum atomic E-state index is -0.800. The van der Waals surface area contributed by atoms with Gasteiger partial charge in [0, 0.05) is 6.92 Å². The molecule has 0 unspecified atom stereocenters. The molecule has 0 aromatic heterocycles. The lowest BCUT2D eigenvalue weighted by atomic mass is 10.1. The predicted molar refractivity (Wildman–Crippen MR) is 55.5 cm³/mol. The van der Waals surface area contributed by atoms with Crippen LogP contribution < -0.4 is 5.32 Å². The summed E-state index contributed by atoms with van der Waals surface area (Å²) in [5.74, 6) is -1.92. The molecule has 1 aromatic carbocycles. The van der Waals surface area contributed by atoms with Gasteiger partial charge in [-0.15, -0.1) is 0 Å². The average Bonchev–Trinajstić information content (AvgIpc) is 2.46. The Morgan fingerprint density at radius 1 is 1.31 bits per heavy atom. The van der Waals surface area contributed by atoms with Crippen LogP contribution in [0.3, 0.4) is 0 Å². The van der Waals surface area contributed by atoms with Crippen LogP contribution in [-0.2, 0) is 9.53 Å². The maximum atomic E-state index is 11.4. The normalized spacial score (nSPS) is 13.4. The van der Waals surface area contributed by atoms with E-state index in [2.05, 4.69) is 10.1 Å². The van der Waals surface area contributed by atoms with Crippen LogP contribution in [-0.4, -0.2) is 17.8 Å². The first-order valence-electron chi connectivity index (χ1n) is 4.37. The molecular formula is C10H6ClNO4. The molecule has 1 amide bonds. The third-order valence-corrected chi connectivity index (χ3v) is 2.38. The van der Waals surface area contributed by atoms with E-state index in [1.807, 2.05) is 0 Å². The number of esters is 2. The number of cyclic esters (lactones) is 2. The highest BCUT2D eigenvalue weighted by Crippen LogP contribution is 2.33. The first kappa shape index (κ1) is 10.6. The Morgan fingerprint density at radius 3 is 2.62 bits per heavy atom. The maximum Gasteiger partial charge on any atom is 0.349 e. The van der Waals surface area contributed by atoms with Crippen LogP contribution in [0, 0.1) is 0 Å². The minimum absolute atomic E-state index is 0.00713. The molecule has 0 bridgehead atoms. The summed E-state index contributed by atoms with van der Waals surface area (Å²) < 4.78 is 4.42. The molecule has 1 heterocycles. The van der Waals surface area contributed by atoms with Crippen LogP contribution >= 0.6 is 11.6 Å². The smallest absolute Gasteiger partial charge is 0.349 e. The highest BCUT2D eigenvalue weighted by atomic mass is 35.5. The number of carbonyl (C=O) groups excluding carboxylic acids is 3. The lowest BCUT2D eigenvalue weighted by molar-refractivity contribution is -0.114. The number of halogens is 1. The molecule has 2 rings (SSSR count). The van der Waals surface area contributed by atoms with Gasteiger partial charge in [-0.1, -0.05) is 11.6 Å². The first-order chi connectivity index (χ1) is 7.50. The van der Waals surface area contributed by atoms with Crippen molar-refractivity contribution in [3.05, 3.63) is 28.3 Å². The van der Waals surface area contributed by atoms with Crippen LogP contribution in [0.5, 0.6) is 0 Å². The summed E-state index contributed by atoms with van der Waals surface area (Å²) in [6.45, 7) is 1.28. The summed E-state index contributed by atoms with van der Waals surface area (Å²) in [6.07, 6.45) is 0. The van der Waals surface area contributed by atoms with Gasteiger partial charge < -0.3 is 10.1 Å². The van der Waals surface area contributed by atoms with Crippen molar-refractivity contribution >= 4 is 35.1 Å². The highest BCUT2D eigenvalue weighted by molar-refractivity contribution is 6.35. The Labute approximate surface area is 95.3 Å². The molecule has 0 aliphatic carbocycles. The second-order valence-corrected chi connectivity index (χ2v) is 3.61.